The van der Waals surface area contributed by atoms with Crippen LogP contribution in [0.2, 0.25) is 0 Å². The summed E-state index contributed by atoms with van der Waals surface area (Å²) in [5, 5.41) is 15.7. The number of hydrogen-bond acceptors (Lipinski definition) is 3. The standard InChI is InChI=1S/C60H35N3S/c1-2-14-36(15-3-1)37-26-28-39(29-27-37)57-47-23-10-12-24-52(47)61-60(62-57)63-58-41-17-5-4-16-38(41)30-32-48(58)56-55-45-21-8-6-18-42(45)49(35-51(55)43-19-7-9-22-46(43)59(56)63)40-31-33-54-50(34-40)44-20-11-13-25-53(44)64-54/h1-35H. The summed E-state index contributed by atoms with van der Waals surface area (Å²) in [5.74, 6) is 0.652. The minimum Gasteiger partial charge on any atom is -0.277 e. The number of hydrogen-bond donors (Lipinski definition) is 0. The summed E-state index contributed by atoms with van der Waals surface area (Å²) in [4.78, 5) is 11.1. The van der Waals surface area contributed by atoms with Gasteiger partial charge in [-0.25, -0.2) is 9.97 Å². The number of benzene rings is 11. The van der Waals surface area contributed by atoms with Crippen molar-refractivity contribution in [3.8, 4) is 39.5 Å². The van der Waals surface area contributed by atoms with Crippen LogP contribution in [0.4, 0.5) is 0 Å². The lowest BCUT2D eigenvalue weighted by Gasteiger charge is -2.16. The van der Waals surface area contributed by atoms with Crippen LogP contribution in [-0.2, 0) is 0 Å². The Bertz CT molecular complexity index is 4240. The average molecular weight is 830 g/mol. The van der Waals surface area contributed by atoms with Gasteiger partial charge in [0.1, 0.15) is 0 Å². The highest BCUT2D eigenvalue weighted by Gasteiger charge is 2.25. The fourth-order valence-electron chi connectivity index (χ4n) is 10.5. The molecule has 3 heterocycles. The van der Waals surface area contributed by atoms with E-state index in [2.05, 4.69) is 217 Å². The van der Waals surface area contributed by atoms with E-state index in [4.69, 9.17) is 9.97 Å². The first kappa shape index (κ1) is 35.4. The van der Waals surface area contributed by atoms with Gasteiger partial charge in [0.05, 0.1) is 22.2 Å². The molecule has 0 spiro atoms. The van der Waals surface area contributed by atoms with E-state index in [1.165, 1.54) is 85.5 Å². The monoisotopic (exact) mass is 829 g/mol. The van der Waals surface area contributed by atoms with Crippen molar-refractivity contribution >= 4 is 107 Å². The number of fused-ring (bicyclic) bond motifs is 16. The maximum Gasteiger partial charge on any atom is 0.235 e. The molecule has 0 amide bonds. The molecular formula is C60H35N3S. The van der Waals surface area contributed by atoms with Crippen molar-refractivity contribution in [3.63, 3.8) is 0 Å². The smallest absolute Gasteiger partial charge is 0.235 e. The molecule has 0 unspecified atom stereocenters. The Morgan fingerprint density at radius 2 is 0.953 bits per heavy atom. The molecule has 0 N–H and O–H groups in total. The van der Waals surface area contributed by atoms with E-state index in [-0.39, 0.29) is 0 Å². The van der Waals surface area contributed by atoms with Gasteiger partial charge >= 0.3 is 0 Å². The molecule has 296 valence electrons. The molecule has 3 aromatic heterocycles. The molecule has 4 heteroatoms. The largest absolute Gasteiger partial charge is 0.277 e. The van der Waals surface area contributed by atoms with Crippen molar-refractivity contribution < 1.29 is 0 Å². The zero-order valence-electron chi connectivity index (χ0n) is 34.5. The molecule has 0 fully saturated rings. The summed E-state index contributed by atoms with van der Waals surface area (Å²) in [6.45, 7) is 0. The van der Waals surface area contributed by atoms with Crippen LogP contribution in [0.1, 0.15) is 0 Å². The van der Waals surface area contributed by atoms with Crippen LogP contribution in [0.5, 0.6) is 0 Å². The Morgan fingerprint density at radius 3 is 1.80 bits per heavy atom. The van der Waals surface area contributed by atoms with Crippen LogP contribution in [0, 0.1) is 0 Å². The predicted octanol–water partition coefficient (Wildman–Crippen LogP) is 16.7. The summed E-state index contributed by atoms with van der Waals surface area (Å²) in [6, 6.07) is 77.3. The predicted molar refractivity (Wildman–Crippen MR) is 273 cm³/mol. The van der Waals surface area contributed by atoms with Gasteiger partial charge in [-0.1, -0.05) is 182 Å². The highest BCUT2D eigenvalue weighted by molar-refractivity contribution is 7.25. The molecule has 0 aliphatic carbocycles. The minimum atomic E-state index is 0.652. The molecule has 0 atom stereocenters. The normalized spacial score (nSPS) is 12.1. The molecule has 0 saturated carbocycles. The second kappa shape index (κ2) is 13.7. The van der Waals surface area contributed by atoms with Gasteiger partial charge in [-0.15, -0.1) is 11.3 Å². The van der Waals surface area contributed by atoms with Gasteiger partial charge in [-0.2, -0.15) is 0 Å². The second-order valence-electron chi connectivity index (χ2n) is 16.8. The fourth-order valence-corrected chi connectivity index (χ4v) is 11.6. The van der Waals surface area contributed by atoms with Crippen molar-refractivity contribution in [1.82, 2.24) is 14.5 Å². The van der Waals surface area contributed by atoms with Gasteiger partial charge in [-0.05, 0) is 79.5 Å². The molecule has 11 aromatic carbocycles. The quantitative estimate of drug-likeness (QED) is 0.165. The van der Waals surface area contributed by atoms with Crippen LogP contribution in [-0.4, -0.2) is 14.5 Å². The third kappa shape index (κ3) is 5.15. The summed E-state index contributed by atoms with van der Waals surface area (Å²) in [7, 11) is 0. The third-order valence-corrected chi connectivity index (χ3v) is 14.5. The zero-order valence-corrected chi connectivity index (χ0v) is 35.3. The summed E-state index contributed by atoms with van der Waals surface area (Å²) in [5.41, 5.74) is 9.90. The Morgan fingerprint density at radius 1 is 0.328 bits per heavy atom. The van der Waals surface area contributed by atoms with Gasteiger partial charge in [0, 0.05) is 58.1 Å². The van der Waals surface area contributed by atoms with Crippen LogP contribution in [0.3, 0.4) is 0 Å². The molecule has 14 aromatic rings. The van der Waals surface area contributed by atoms with Gasteiger partial charge in [0.25, 0.3) is 0 Å². The molecule has 0 aliphatic rings. The number of thiophene rings is 1. The van der Waals surface area contributed by atoms with Crippen LogP contribution >= 0.6 is 11.3 Å². The molecule has 0 saturated heterocycles. The second-order valence-corrected chi connectivity index (χ2v) is 17.9. The van der Waals surface area contributed by atoms with E-state index in [1.54, 1.807) is 0 Å². The zero-order chi connectivity index (χ0) is 41.9. The summed E-state index contributed by atoms with van der Waals surface area (Å²) in [6.07, 6.45) is 0. The topological polar surface area (TPSA) is 30.7 Å². The maximum atomic E-state index is 5.62. The molecular weight excluding hydrogens is 795 g/mol. The first-order chi connectivity index (χ1) is 31.7. The molecule has 0 aliphatic heterocycles. The van der Waals surface area contributed by atoms with Crippen LogP contribution in [0.25, 0.3) is 135 Å². The van der Waals surface area contributed by atoms with Gasteiger partial charge in [-0.3, -0.25) is 4.57 Å². The SMILES string of the molecule is c1ccc(-c2ccc(-c3nc(-n4c5c6ccccc6ccc5c5c6c7ccccc7c(-c7ccc8sc9ccccc9c8c7)cc6c6ccccc6c54)nc4ccccc34)cc2)cc1. The van der Waals surface area contributed by atoms with E-state index < -0.39 is 0 Å². The maximum absolute atomic E-state index is 5.62. The molecule has 0 radical (unpaired) electrons. The van der Waals surface area contributed by atoms with Crippen LogP contribution in [0.15, 0.2) is 212 Å². The molecule has 14 rings (SSSR count). The third-order valence-electron chi connectivity index (χ3n) is 13.4. The van der Waals surface area contributed by atoms with Gasteiger partial charge in [0.15, 0.2) is 0 Å². The van der Waals surface area contributed by atoms with Crippen molar-refractivity contribution in [1.29, 1.82) is 0 Å². The van der Waals surface area contributed by atoms with E-state index in [1.807, 2.05) is 11.3 Å². The Labute approximate surface area is 371 Å². The van der Waals surface area contributed by atoms with Gasteiger partial charge in [0.2, 0.25) is 5.95 Å². The lowest BCUT2D eigenvalue weighted by Crippen LogP contribution is -2.04. The van der Waals surface area contributed by atoms with Crippen LogP contribution < -0.4 is 0 Å². The fraction of sp³-hybridized carbons (Fsp3) is 0. The molecule has 0 bridgehead atoms. The van der Waals surface area contributed by atoms with E-state index >= 15 is 0 Å². The highest BCUT2D eigenvalue weighted by atomic mass is 32.1. The Hall–Kier alpha value is -8.18. The van der Waals surface area contributed by atoms with Gasteiger partial charge < -0.3 is 0 Å². The van der Waals surface area contributed by atoms with Crippen molar-refractivity contribution in [2.45, 2.75) is 0 Å². The average Bonchev–Trinajstić information content (AvgIpc) is 3.92. The molecule has 3 nitrogen and oxygen atoms in total. The first-order valence-corrected chi connectivity index (χ1v) is 22.6. The van der Waals surface area contributed by atoms with Crippen molar-refractivity contribution in [2.75, 3.05) is 0 Å². The lowest BCUT2D eigenvalue weighted by atomic mass is 9.88. The first-order valence-electron chi connectivity index (χ1n) is 21.8. The summed E-state index contributed by atoms with van der Waals surface area (Å²) >= 11 is 1.86. The highest BCUT2D eigenvalue weighted by Crippen LogP contribution is 2.49. The van der Waals surface area contributed by atoms with E-state index in [0.29, 0.717) is 5.95 Å². The lowest BCUT2D eigenvalue weighted by molar-refractivity contribution is 1.02. The van der Waals surface area contributed by atoms with Crippen molar-refractivity contribution in [2.24, 2.45) is 0 Å². The van der Waals surface area contributed by atoms with E-state index in [9.17, 15) is 0 Å². The minimum absolute atomic E-state index is 0.652. The van der Waals surface area contributed by atoms with E-state index in [0.717, 1.165) is 44.0 Å². The Kier molecular flexibility index (Phi) is 7.56. The number of rotatable bonds is 4. The number of nitrogens with zero attached hydrogens (tertiary/aromatic N) is 3. The Balaban J connectivity index is 1.12. The molecule has 64 heavy (non-hydrogen) atoms. The number of aromatic nitrogens is 3. The number of para-hydroxylation sites is 1. The summed E-state index contributed by atoms with van der Waals surface area (Å²) < 4.78 is 5.01. The van der Waals surface area contributed by atoms with Crippen molar-refractivity contribution in [3.05, 3.63) is 212 Å².